The Morgan fingerprint density at radius 1 is 1.05 bits per heavy atom. The van der Waals surface area contributed by atoms with Crippen LogP contribution in [0, 0.1) is 0 Å². The smallest absolute Gasteiger partial charge is 0.243 e. The Balaban J connectivity index is 3.26. The van der Waals surface area contributed by atoms with Gasteiger partial charge in [0.15, 0.2) is 0 Å². The number of nitrogens with zero attached hydrogens (tertiary/aromatic N) is 1. The highest BCUT2D eigenvalue weighted by Crippen LogP contribution is 2.35. The van der Waals surface area contributed by atoms with Gasteiger partial charge in [0.05, 0.1) is 5.54 Å². The standard InChI is InChI=1S/C16H32N2O/c1-8-15(9-2)12-18(14(5,6)7)13(19)16(10-3,11-4)17-15/h17H,8-12H2,1-7H3. The fourth-order valence-electron chi connectivity index (χ4n) is 3.15. The Labute approximate surface area is 119 Å². The SMILES string of the molecule is CCC1(CC)CN(C(C)(C)C)C(=O)C(CC)(CC)N1. The summed E-state index contributed by atoms with van der Waals surface area (Å²) in [5.74, 6) is 0.280. The van der Waals surface area contributed by atoms with Crippen LogP contribution in [0.1, 0.15) is 74.1 Å². The van der Waals surface area contributed by atoms with Crippen molar-refractivity contribution in [3.8, 4) is 0 Å². The van der Waals surface area contributed by atoms with Gasteiger partial charge in [-0.2, -0.15) is 0 Å². The first-order valence-electron chi connectivity index (χ1n) is 7.81. The second-order valence-corrected chi connectivity index (χ2v) is 6.96. The lowest BCUT2D eigenvalue weighted by Gasteiger charge is -2.55. The molecule has 0 bridgehead atoms. The maximum absolute atomic E-state index is 12.9. The summed E-state index contributed by atoms with van der Waals surface area (Å²) in [7, 11) is 0. The topological polar surface area (TPSA) is 32.3 Å². The largest absolute Gasteiger partial charge is 0.334 e. The number of amides is 1. The number of carbonyl (C=O) groups is 1. The van der Waals surface area contributed by atoms with Crippen LogP contribution in [0.2, 0.25) is 0 Å². The summed E-state index contributed by atoms with van der Waals surface area (Å²) in [5.41, 5.74) is -0.422. The quantitative estimate of drug-likeness (QED) is 0.848. The molecule has 0 saturated carbocycles. The molecule has 3 nitrogen and oxygen atoms in total. The molecule has 0 aliphatic carbocycles. The zero-order valence-corrected chi connectivity index (χ0v) is 13.9. The highest BCUT2D eigenvalue weighted by Gasteiger charge is 2.51. The van der Waals surface area contributed by atoms with E-state index < -0.39 is 0 Å². The minimum Gasteiger partial charge on any atom is -0.334 e. The molecule has 0 aromatic carbocycles. The highest BCUT2D eigenvalue weighted by atomic mass is 16.2. The van der Waals surface area contributed by atoms with Crippen molar-refractivity contribution in [2.75, 3.05) is 6.54 Å². The first-order chi connectivity index (χ1) is 8.70. The van der Waals surface area contributed by atoms with Gasteiger partial charge in [0.1, 0.15) is 0 Å². The second kappa shape index (κ2) is 5.43. The molecule has 19 heavy (non-hydrogen) atoms. The van der Waals surface area contributed by atoms with Crippen molar-refractivity contribution in [3.63, 3.8) is 0 Å². The van der Waals surface area contributed by atoms with Crippen molar-refractivity contribution < 1.29 is 4.79 Å². The summed E-state index contributed by atoms with van der Waals surface area (Å²) < 4.78 is 0. The van der Waals surface area contributed by atoms with Gasteiger partial charge in [-0.15, -0.1) is 0 Å². The molecule has 1 aliphatic rings. The molecule has 1 amide bonds. The molecule has 0 aromatic rings. The Morgan fingerprint density at radius 2 is 1.53 bits per heavy atom. The highest BCUT2D eigenvalue weighted by molar-refractivity contribution is 5.88. The normalized spacial score (nSPS) is 22.7. The molecule has 1 aliphatic heterocycles. The maximum atomic E-state index is 12.9. The van der Waals surface area contributed by atoms with Crippen LogP contribution in [0.15, 0.2) is 0 Å². The van der Waals surface area contributed by atoms with Crippen molar-refractivity contribution in [3.05, 3.63) is 0 Å². The van der Waals surface area contributed by atoms with Crippen LogP contribution in [0.5, 0.6) is 0 Å². The van der Waals surface area contributed by atoms with Crippen molar-refractivity contribution >= 4 is 5.91 Å². The molecule has 1 heterocycles. The number of carbonyl (C=O) groups excluding carboxylic acids is 1. The van der Waals surface area contributed by atoms with E-state index in [0.717, 1.165) is 32.2 Å². The first kappa shape index (κ1) is 16.5. The van der Waals surface area contributed by atoms with E-state index in [-0.39, 0.29) is 22.5 Å². The molecule has 0 spiro atoms. The number of hydrogen-bond acceptors (Lipinski definition) is 2. The van der Waals surface area contributed by atoms with Gasteiger partial charge in [0.2, 0.25) is 5.91 Å². The molecule has 3 heteroatoms. The van der Waals surface area contributed by atoms with Crippen LogP contribution in [0.3, 0.4) is 0 Å². The molecule has 0 atom stereocenters. The van der Waals surface area contributed by atoms with Crippen LogP contribution < -0.4 is 5.32 Å². The van der Waals surface area contributed by atoms with E-state index in [1.54, 1.807) is 0 Å². The molecular weight excluding hydrogens is 236 g/mol. The minimum atomic E-state index is -0.377. The summed E-state index contributed by atoms with van der Waals surface area (Å²) in [6, 6.07) is 0. The van der Waals surface area contributed by atoms with Gasteiger partial charge in [0.25, 0.3) is 0 Å². The Bertz CT molecular complexity index is 322. The van der Waals surface area contributed by atoms with Gasteiger partial charge in [-0.1, -0.05) is 27.7 Å². The lowest BCUT2D eigenvalue weighted by atomic mass is 9.78. The fourth-order valence-corrected chi connectivity index (χ4v) is 3.15. The molecular formula is C16H32N2O. The van der Waals surface area contributed by atoms with Crippen LogP contribution in [-0.2, 0) is 4.79 Å². The van der Waals surface area contributed by atoms with Gasteiger partial charge >= 0.3 is 0 Å². The zero-order chi connectivity index (χ0) is 14.9. The summed E-state index contributed by atoms with van der Waals surface area (Å²) in [5, 5.41) is 3.74. The summed E-state index contributed by atoms with van der Waals surface area (Å²) in [6.07, 6.45) is 3.84. The van der Waals surface area contributed by atoms with E-state index in [1.807, 2.05) is 0 Å². The first-order valence-corrected chi connectivity index (χ1v) is 7.81. The molecule has 1 saturated heterocycles. The second-order valence-electron chi connectivity index (χ2n) is 6.96. The van der Waals surface area contributed by atoms with Gasteiger partial charge in [0, 0.05) is 17.6 Å². The summed E-state index contributed by atoms with van der Waals surface area (Å²) in [6.45, 7) is 15.9. The lowest BCUT2D eigenvalue weighted by molar-refractivity contribution is -0.153. The Kier molecular flexibility index (Phi) is 4.71. The van der Waals surface area contributed by atoms with Crippen molar-refractivity contribution in [1.82, 2.24) is 10.2 Å². The van der Waals surface area contributed by atoms with Crippen LogP contribution in [-0.4, -0.2) is 34.0 Å². The third-order valence-corrected chi connectivity index (χ3v) is 4.99. The predicted molar refractivity (Wildman–Crippen MR) is 81.2 cm³/mol. The van der Waals surface area contributed by atoms with Gasteiger partial charge in [-0.05, 0) is 46.5 Å². The molecule has 0 unspecified atom stereocenters. The molecule has 0 aromatic heterocycles. The molecule has 1 fully saturated rings. The fraction of sp³-hybridized carbons (Fsp3) is 0.938. The van der Waals surface area contributed by atoms with Crippen LogP contribution in [0.25, 0.3) is 0 Å². The molecule has 1 rings (SSSR count). The van der Waals surface area contributed by atoms with Crippen molar-refractivity contribution in [1.29, 1.82) is 0 Å². The average molecular weight is 268 g/mol. The summed E-state index contributed by atoms with van der Waals surface area (Å²) >= 11 is 0. The van der Waals surface area contributed by atoms with Gasteiger partial charge < -0.3 is 4.90 Å². The Morgan fingerprint density at radius 3 is 1.84 bits per heavy atom. The van der Waals surface area contributed by atoms with E-state index in [0.29, 0.717) is 0 Å². The van der Waals surface area contributed by atoms with E-state index in [1.165, 1.54) is 0 Å². The maximum Gasteiger partial charge on any atom is 0.243 e. The van der Waals surface area contributed by atoms with Crippen molar-refractivity contribution in [2.24, 2.45) is 0 Å². The van der Waals surface area contributed by atoms with E-state index in [4.69, 9.17) is 0 Å². The number of nitrogens with one attached hydrogen (secondary N) is 1. The minimum absolute atomic E-state index is 0.0627. The third kappa shape index (κ3) is 2.81. The molecule has 0 radical (unpaired) electrons. The zero-order valence-electron chi connectivity index (χ0n) is 13.9. The van der Waals surface area contributed by atoms with Crippen molar-refractivity contribution in [2.45, 2.75) is 90.8 Å². The number of rotatable bonds is 4. The van der Waals surface area contributed by atoms with Gasteiger partial charge in [-0.3, -0.25) is 10.1 Å². The summed E-state index contributed by atoms with van der Waals surface area (Å²) in [4.78, 5) is 15.0. The number of hydrogen-bond donors (Lipinski definition) is 1. The predicted octanol–water partition coefficient (Wildman–Crippen LogP) is 3.33. The van der Waals surface area contributed by atoms with E-state index in [9.17, 15) is 4.79 Å². The third-order valence-electron chi connectivity index (χ3n) is 4.99. The lowest BCUT2D eigenvalue weighted by Crippen LogP contribution is -2.75. The van der Waals surface area contributed by atoms with E-state index in [2.05, 4.69) is 58.7 Å². The molecule has 112 valence electrons. The van der Waals surface area contributed by atoms with Gasteiger partial charge in [-0.25, -0.2) is 0 Å². The number of piperazine rings is 1. The molecule has 1 N–H and O–H groups in total. The van der Waals surface area contributed by atoms with Crippen LogP contribution in [0.4, 0.5) is 0 Å². The monoisotopic (exact) mass is 268 g/mol. The van der Waals surface area contributed by atoms with E-state index >= 15 is 0 Å². The average Bonchev–Trinajstić information content (AvgIpc) is 2.38. The van der Waals surface area contributed by atoms with Crippen LogP contribution >= 0.6 is 0 Å². The Hall–Kier alpha value is -0.570.